The highest BCUT2D eigenvalue weighted by molar-refractivity contribution is 6.42. The predicted octanol–water partition coefficient (Wildman–Crippen LogP) is 3.44. The Labute approximate surface area is 121 Å². The largest absolute Gasteiger partial charge is 0.314 e. The van der Waals surface area contributed by atoms with Crippen molar-refractivity contribution in [2.24, 2.45) is 0 Å². The molecule has 1 N–H and O–H groups in total. The van der Waals surface area contributed by atoms with E-state index in [-0.39, 0.29) is 17.5 Å². The van der Waals surface area contributed by atoms with E-state index in [1.54, 1.807) is 0 Å². The molecule has 1 aliphatic rings. The van der Waals surface area contributed by atoms with Gasteiger partial charge < -0.3 is 5.32 Å². The monoisotopic (exact) mass is 308 g/mol. The molecule has 2 nitrogen and oxygen atoms in total. The number of piperazine rings is 1. The van der Waals surface area contributed by atoms with Gasteiger partial charge in [0.1, 0.15) is 5.82 Å². The second kappa shape index (κ2) is 6.84. The smallest absolute Gasteiger partial charge is 0.129 e. The Bertz CT molecular complexity index is 437. The van der Waals surface area contributed by atoms with Crippen molar-refractivity contribution in [1.29, 1.82) is 0 Å². The Morgan fingerprint density at radius 2 is 1.95 bits per heavy atom. The van der Waals surface area contributed by atoms with Gasteiger partial charge in [-0.05, 0) is 18.6 Å². The quantitative estimate of drug-likeness (QED) is 0.857. The first kappa shape index (κ1) is 15.0. The van der Waals surface area contributed by atoms with Gasteiger partial charge in [-0.2, -0.15) is 0 Å². The van der Waals surface area contributed by atoms with Crippen molar-refractivity contribution in [3.8, 4) is 0 Å². The van der Waals surface area contributed by atoms with E-state index >= 15 is 0 Å². The number of nitrogens with zero attached hydrogens (tertiary/aromatic N) is 1. The molecule has 1 saturated heterocycles. The highest BCUT2D eigenvalue weighted by Crippen LogP contribution is 2.36. The van der Waals surface area contributed by atoms with Gasteiger partial charge in [-0.25, -0.2) is 4.39 Å². The molecule has 6 heteroatoms. The number of rotatable bonds is 4. The van der Waals surface area contributed by atoms with Crippen molar-refractivity contribution < 1.29 is 8.78 Å². The molecule has 0 aliphatic carbocycles. The van der Waals surface area contributed by atoms with E-state index in [0.717, 1.165) is 26.2 Å². The van der Waals surface area contributed by atoms with Crippen molar-refractivity contribution in [3.63, 3.8) is 0 Å². The molecule has 0 unspecified atom stereocenters. The van der Waals surface area contributed by atoms with Gasteiger partial charge in [-0.3, -0.25) is 9.29 Å². The molecule has 1 heterocycles. The van der Waals surface area contributed by atoms with Gasteiger partial charge in [0.05, 0.1) is 16.7 Å². The normalized spacial score (nSPS) is 18.5. The van der Waals surface area contributed by atoms with Crippen LogP contribution in [0.3, 0.4) is 0 Å². The van der Waals surface area contributed by atoms with E-state index in [1.807, 2.05) is 0 Å². The highest BCUT2D eigenvalue weighted by atomic mass is 35.5. The van der Waals surface area contributed by atoms with Gasteiger partial charge in [0.25, 0.3) is 0 Å². The van der Waals surface area contributed by atoms with Crippen molar-refractivity contribution in [2.75, 3.05) is 32.9 Å². The number of alkyl halides is 1. The third-order valence-electron chi connectivity index (χ3n) is 3.39. The van der Waals surface area contributed by atoms with E-state index in [1.165, 1.54) is 12.1 Å². The van der Waals surface area contributed by atoms with Gasteiger partial charge in [-0.1, -0.05) is 23.2 Å². The highest BCUT2D eigenvalue weighted by Gasteiger charge is 2.27. The minimum absolute atomic E-state index is 0.193. The summed E-state index contributed by atoms with van der Waals surface area (Å²) in [4.78, 5) is 2.05. The summed E-state index contributed by atoms with van der Waals surface area (Å²) >= 11 is 12.1. The summed E-state index contributed by atoms with van der Waals surface area (Å²) < 4.78 is 26.9. The van der Waals surface area contributed by atoms with Crippen molar-refractivity contribution >= 4 is 23.2 Å². The first-order valence-corrected chi connectivity index (χ1v) is 7.05. The summed E-state index contributed by atoms with van der Waals surface area (Å²) in [5.41, 5.74) is 0.314. The summed E-state index contributed by atoms with van der Waals surface area (Å²) in [6.45, 7) is 2.59. The topological polar surface area (TPSA) is 15.3 Å². The fourth-order valence-electron chi connectivity index (χ4n) is 2.45. The first-order chi connectivity index (χ1) is 9.15. The van der Waals surface area contributed by atoms with Crippen LogP contribution in [0.25, 0.3) is 0 Å². The Morgan fingerprint density at radius 1 is 1.26 bits per heavy atom. The van der Waals surface area contributed by atoms with E-state index in [0.29, 0.717) is 10.6 Å². The lowest BCUT2D eigenvalue weighted by Gasteiger charge is -2.35. The molecular formula is C13H16Cl2F2N2. The molecule has 19 heavy (non-hydrogen) atoms. The van der Waals surface area contributed by atoms with Crippen molar-refractivity contribution in [2.45, 2.75) is 12.5 Å². The Hall–Kier alpha value is -0.420. The van der Waals surface area contributed by atoms with Crippen LogP contribution in [-0.2, 0) is 0 Å². The number of hydrogen-bond acceptors (Lipinski definition) is 2. The zero-order valence-electron chi connectivity index (χ0n) is 10.4. The van der Waals surface area contributed by atoms with Crippen LogP contribution in [0.1, 0.15) is 18.0 Å². The van der Waals surface area contributed by atoms with E-state index in [2.05, 4.69) is 10.2 Å². The predicted molar refractivity (Wildman–Crippen MR) is 74.2 cm³/mol. The summed E-state index contributed by atoms with van der Waals surface area (Å²) in [5.74, 6) is -0.425. The number of hydrogen-bond donors (Lipinski definition) is 1. The summed E-state index contributed by atoms with van der Waals surface area (Å²) in [5, 5.41) is 3.71. The zero-order chi connectivity index (χ0) is 13.8. The van der Waals surface area contributed by atoms with E-state index < -0.39 is 12.5 Å². The number of halogens is 4. The summed E-state index contributed by atoms with van der Waals surface area (Å²) in [6.07, 6.45) is 0.219. The van der Waals surface area contributed by atoms with Gasteiger partial charge in [0.15, 0.2) is 0 Å². The number of nitrogens with one attached hydrogen (secondary N) is 1. The molecule has 0 amide bonds. The van der Waals surface area contributed by atoms with Crippen LogP contribution in [0.2, 0.25) is 10.0 Å². The van der Waals surface area contributed by atoms with Gasteiger partial charge in [-0.15, -0.1) is 0 Å². The molecule has 1 aliphatic heterocycles. The summed E-state index contributed by atoms with van der Waals surface area (Å²) in [7, 11) is 0. The van der Waals surface area contributed by atoms with Gasteiger partial charge in [0.2, 0.25) is 0 Å². The van der Waals surface area contributed by atoms with Gasteiger partial charge in [0, 0.05) is 37.8 Å². The van der Waals surface area contributed by atoms with E-state index in [4.69, 9.17) is 23.2 Å². The SMILES string of the molecule is FCC[C@H](c1c(F)ccc(Cl)c1Cl)N1CCNCC1. The molecule has 1 fully saturated rings. The third kappa shape index (κ3) is 3.37. The summed E-state index contributed by atoms with van der Waals surface area (Å²) in [6, 6.07) is 2.35. The van der Waals surface area contributed by atoms with Crippen LogP contribution in [0.4, 0.5) is 8.78 Å². The lowest BCUT2D eigenvalue weighted by molar-refractivity contribution is 0.154. The molecule has 0 radical (unpaired) electrons. The fraction of sp³-hybridized carbons (Fsp3) is 0.538. The molecule has 1 atom stereocenters. The molecule has 0 spiro atoms. The van der Waals surface area contributed by atoms with Crippen LogP contribution in [0.15, 0.2) is 12.1 Å². The second-order valence-electron chi connectivity index (χ2n) is 4.54. The molecule has 0 bridgehead atoms. The second-order valence-corrected chi connectivity index (χ2v) is 5.32. The molecule has 0 aromatic heterocycles. The van der Waals surface area contributed by atoms with Crippen LogP contribution in [-0.4, -0.2) is 37.8 Å². The first-order valence-electron chi connectivity index (χ1n) is 6.29. The molecular weight excluding hydrogens is 293 g/mol. The average Bonchev–Trinajstić information content (AvgIpc) is 2.43. The zero-order valence-corrected chi connectivity index (χ0v) is 11.9. The Kier molecular flexibility index (Phi) is 5.39. The third-order valence-corrected chi connectivity index (χ3v) is 4.21. The maximum atomic E-state index is 14.1. The molecule has 2 rings (SSSR count). The lowest BCUT2D eigenvalue weighted by Crippen LogP contribution is -2.45. The Morgan fingerprint density at radius 3 is 2.58 bits per heavy atom. The van der Waals surface area contributed by atoms with Gasteiger partial charge >= 0.3 is 0 Å². The van der Waals surface area contributed by atoms with Crippen LogP contribution in [0, 0.1) is 5.82 Å². The molecule has 1 aromatic carbocycles. The lowest BCUT2D eigenvalue weighted by atomic mass is 10.0. The number of benzene rings is 1. The minimum Gasteiger partial charge on any atom is -0.314 e. The maximum Gasteiger partial charge on any atom is 0.129 e. The average molecular weight is 309 g/mol. The molecule has 106 valence electrons. The van der Waals surface area contributed by atoms with Crippen molar-refractivity contribution in [1.82, 2.24) is 10.2 Å². The fourth-order valence-corrected chi connectivity index (χ4v) is 2.90. The standard InChI is InChI=1S/C13H16Cl2F2N2/c14-9-1-2-10(17)12(13(9)15)11(3-4-16)19-7-5-18-6-8-19/h1-2,11,18H,3-8H2/t11-/m1/s1. The van der Waals surface area contributed by atoms with Crippen LogP contribution >= 0.6 is 23.2 Å². The minimum atomic E-state index is -0.517. The molecule has 0 saturated carbocycles. The maximum absolute atomic E-state index is 14.1. The Balaban J connectivity index is 2.35. The van der Waals surface area contributed by atoms with E-state index in [9.17, 15) is 8.78 Å². The van der Waals surface area contributed by atoms with Crippen LogP contribution < -0.4 is 5.32 Å². The molecule has 1 aromatic rings. The van der Waals surface area contributed by atoms with Crippen LogP contribution in [0.5, 0.6) is 0 Å². The van der Waals surface area contributed by atoms with Crippen molar-refractivity contribution in [3.05, 3.63) is 33.6 Å².